The van der Waals surface area contributed by atoms with Crippen molar-refractivity contribution in [2.45, 2.75) is 90.4 Å². The molecule has 0 aliphatic carbocycles. The van der Waals surface area contributed by atoms with Gasteiger partial charge < -0.3 is 31.5 Å². The van der Waals surface area contributed by atoms with Crippen LogP contribution in [0.4, 0.5) is 0 Å². The Labute approximate surface area is 194 Å². The summed E-state index contributed by atoms with van der Waals surface area (Å²) >= 11 is 0. The Hall–Kier alpha value is -2.69. The molecule has 1 rings (SSSR count). The Morgan fingerprint density at radius 2 is 1.58 bits per heavy atom. The predicted molar refractivity (Wildman–Crippen MR) is 120 cm³/mol. The number of carboxylic acids is 2. The number of nitrogens with one attached hydrogen (secondary N) is 2. The lowest BCUT2D eigenvalue weighted by atomic mass is 10.0. The van der Waals surface area contributed by atoms with Gasteiger partial charge in [0.25, 0.3) is 0 Å². The van der Waals surface area contributed by atoms with Crippen molar-refractivity contribution in [1.29, 1.82) is 0 Å². The third-order valence-electron chi connectivity index (χ3n) is 5.48. The Bertz CT molecular complexity index is 726. The van der Waals surface area contributed by atoms with E-state index in [1.165, 1.54) is 4.90 Å². The van der Waals surface area contributed by atoms with Gasteiger partial charge in [0.05, 0.1) is 6.04 Å². The fourth-order valence-electron chi connectivity index (χ4n) is 3.89. The number of amides is 3. The molecule has 0 saturated carbocycles. The van der Waals surface area contributed by atoms with Crippen LogP contribution in [0.25, 0.3) is 0 Å². The van der Waals surface area contributed by atoms with E-state index in [-0.39, 0.29) is 30.6 Å². The summed E-state index contributed by atoms with van der Waals surface area (Å²) < 4.78 is 0. The summed E-state index contributed by atoms with van der Waals surface area (Å²) in [5.74, 6) is -3.80. The third-order valence-corrected chi connectivity index (χ3v) is 5.48. The first-order valence-corrected chi connectivity index (χ1v) is 11.4. The molecule has 4 unspecified atom stereocenters. The highest BCUT2D eigenvalue weighted by Crippen LogP contribution is 2.20. The highest BCUT2D eigenvalue weighted by molar-refractivity contribution is 5.94. The number of carbonyl (C=O) groups excluding carboxylic acids is 3. The molecular weight excluding hydrogens is 432 g/mol. The van der Waals surface area contributed by atoms with Crippen LogP contribution in [0.3, 0.4) is 0 Å². The SMILES string of the molecule is CC(C)CC(N)C(=O)N1CCCC1C(=O)NC(CC(C)C)C(=O)NC(CCC(=O)O)C(=O)O. The Kier molecular flexibility index (Phi) is 11.3. The summed E-state index contributed by atoms with van der Waals surface area (Å²) in [6.45, 7) is 8.01. The number of aliphatic carboxylic acids is 2. The second-order valence-corrected chi connectivity index (χ2v) is 9.45. The van der Waals surface area contributed by atoms with E-state index in [1.54, 1.807) is 0 Å². The third kappa shape index (κ3) is 9.37. The number of hydrogen-bond acceptors (Lipinski definition) is 6. The van der Waals surface area contributed by atoms with Gasteiger partial charge in [0.1, 0.15) is 18.1 Å². The highest BCUT2D eigenvalue weighted by Gasteiger charge is 2.38. The summed E-state index contributed by atoms with van der Waals surface area (Å²) in [6.07, 6.45) is 1.12. The second kappa shape index (κ2) is 13.1. The monoisotopic (exact) mass is 470 g/mol. The molecule has 188 valence electrons. The first-order chi connectivity index (χ1) is 15.3. The number of carbonyl (C=O) groups is 5. The maximum atomic E-state index is 13.0. The molecule has 1 aliphatic heterocycles. The van der Waals surface area contributed by atoms with Crippen molar-refractivity contribution in [3.8, 4) is 0 Å². The largest absolute Gasteiger partial charge is 0.481 e. The highest BCUT2D eigenvalue weighted by atomic mass is 16.4. The van der Waals surface area contributed by atoms with Crippen molar-refractivity contribution in [3.63, 3.8) is 0 Å². The molecule has 1 saturated heterocycles. The fraction of sp³-hybridized carbons (Fsp3) is 0.773. The molecule has 0 bridgehead atoms. The summed E-state index contributed by atoms with van der Waals surface area (Å²) in [4.78, 5) is 62.2. The first kappa shape index (κ1) is 28.3. The van der Waals surface area contributed by atoms with Crippen LogP contribution in [-0.2, 0) is 24.0 Å². The number of nitrogens with two attached hydrogens (primary N) is 1. The van der Waals surface area contributed by atoms with Crippen LogP contribution in [0.2, 0.25) is 0 Å². The van der Waals surface area contributed by atoms with E-state index in [0.717, 1.165) is 0 Å². The number of nitrogens with zero attached hydrogens (tertiary/aromatic N) is 1. The molecule has 11 heteroatoms. The van der Waals surface area contributed by atoms with E-state index in [2.05, 4.69) is 10.6 Å². The Balaban J connectivity index is 2.90. The number of likely N-dealkylation sites (tertiary alicyclic amines) is 1. The second-order valence-electron chi connectivity index (χ2n) is 9.45. The molecule has 0 aromatic carbocycles. The molecule has 4 atom stereocenters. The molecule has 1 fully saturated rings. The summed E-state index contributed by atoms with van der Waals surface area (Å²) in [5, 5.41) is 23.1. The van der Waals surface area contributed by atoms with Crippen LogP contribution in [0.15, 0.2) is 0 Å². The minimum absolute atomic E-state index is 0.00382. The zero-order valence-electron chi connectivity index (χ0n) is 19.9. The summed E-state index contributed by atoms with van der Waals surface area (Å²) in [7, 11) is 0. The fourth-order valence-corrected chi connectivity index (χ4v) is 3.89. The van der Waals surface area contributed by atoms with E-state index in [9.17, 15) is 29.1 Å². The molecule has 0 radical (unpaired) electrons. The Morgan fingerprint density at radius 1 is 0.970 bits per heavy atom. The van der Waals surface area contributed by atoms with Crippen molar-refractivity contribution < 1.29 is 34.2 Å². The van der Waals surface area contributed by atoms with Gasteiger partial charge in [-0.3, -0.25) is 19.2 Å². The van der Waals surface area contributed by atoms with Gasteiger partial charge in [-0.25, -0.2) is 4.79 Å². The van der Waals surface area contributed by atoms with Crippen LogP contribution in [-0.4, -0.2) is 75.5 Å². The summed E-state index contributed by atoms with van der Waals surface area (Å²) in [6, 6.07) is -3.87. The molecule has 3 amide bonds. The van der Waals surface area contributed by atoms with E-state index in [4.69, 9.17) is 10.8 Å². The quantitative estimate of drug-likeness (QED) is 0.255. The average Bonchev–Trinajstić information content (AvgIpc) is 3.18. The predicted octanol–water partition coefficient (Wildman–Crippen LogP) is 0.316. The van der Waals surface area contributed by atoms with E-state index in [0.29, 0.717) is 25.8 Å². The van der Waals surface area contributed by atoms with E-state index in [1.807, 2.05) is 27.7 Å². The lowest BCUT2D eigenvalue weighted by molar-refractivity contribution is -0.144. The van der Waals surface area contributed by atoms with Crippen molar-refractivity contribution in [2.75, 3.05) is 6.54 Å². The van der Waals surface area contributed by atoms with Crippen molar-refractivity contribution in [1.82, 2.24) is 15.5 Å². The zero-order valence-corrected chi connectivity index (χ0v) is 19.9. The molecule has 1 heterocycles. The zero-order chi connectivity index (χ0) is 25.3. The van der Waals surface area contributed by atoms with E-state index >= 15 is 0 Å². The molecule has 0 spiro atoms. The van der Waals surface area contributed by atoms with Gasteiger partial charge in [-0.05, 0) is 43.9 Å². The smallest absolute Gasteiger partial charge is 0.326 e. The van der Waals surface area contributed by atoms with Gasteiger partial charge in [-0.15, -0.1) is 0 Å². The van der Waals surface area contributed by atoms with Crippen LogP contribution in [0.5, 0.6) is 0 Å². The summed E-state index contributed by atoms with van der Waals surface area (Å²) in [5.41, 5.74) is 6.02. The standard InChI is InChI=1S/C22H38N4O7/c1-12(2)10-14(23)21(31)26-9-5-6-17(26)20(30)25-16(11-13(3)4)19(29)24-15(22(32)33)7-8-18(27)28/h12-17H,5-11,23H2,1-4H3,(H,24,29)(H,25,30)(H,27,28)(H,32,33). The molecular formula is C22H38N4O7. The minimum Gasteiger partial charge on any atom is -0.481 e. The topological polar surface area (TPSA) is 179 Å². The van der Waals surface area contributed by atoms with Gasteiger partial charge >= 0.3 is 11.9 Å². The van der Waals surface area contributed by atoms with Gasteiger partial charge in [-0.2, -0.15) is 0 Å². The normalized spacial score (nSPS) is 18.6. The first-order valence-electron chi connectivity index (χ1n) is 11.4. The number of carboxylic acid groups (broad SMARTS) is 2. The number of hydrogen-bond donors (Lipinski definition) is 5. The molecule has 33 heavy (non-hydrogen) atoms. The van der Waals surface area contributed by atoms with Gasteiger partial charge in [0.15, 0.2) is 0 Å². The maximum Gasteiger partial charge on any atom is 0.326 e. The molecule has 0 aromatic heterocycles. The number of rotatable bonds is 13. The van der Waals surface area contributed by atoms with Crippen molar-refractivity contribution in [3.05, 3.63) is 0 Å². The van der Waals surface area contributed by atoms with Crippen LogP contribution >= 0.6 is 0 Å². The van der Waals surface area contributed by atoms with Gasteiger partial charge in [0, 0.05) is 13.0 Å². The Morgan fingerprint density at radius 3 is 2.09 bits per heavy atom. The molecule has 11 nitrogen and oxygen atoms in total. The molecule has 1 aliphatic rings. The lowest BCUT2D eigenvalue weighted by Crippen LogP contribution is -2.57. The van der Waals surface area contributed by atoms with Crippen molar-refractivity contribution in [2.24, 2.45) is 17.6 Å². The minimum atomic E-state index is -1.39. The van der Waals surface area contributed by atoms with Crippen LogP contribution < -0.4 is 16.4 Å². The van der Waals surface area contributed by atoms with Gasteiger partial charge in [-0.1, -0.05) is 27.7 Å². The van der Waals surface area contributed by atoms with Crippen LogP contribution in [0, 0.1) is 11.8 Å². The van der Waals surface area contributed by atoms with Crippen LogP contribution in [0.1, 0.15) is 66.2 Å². The lowest BCUT2D eigenvalue weighted by Gasteiger charge is -2.29. The maximum absolute atomic E-state index is 13.0. The van der Waals surface area contributed by atoms with Crippen molar-refractivity contribution >= 4 is 29.7 Å². The van der Waals surface area contributed by atoms with Gasteiger partial charge in [0.2, 0.25) is 17.7 Å². The van der Waals surface area contributed by atoms with E-state index < -0.39 is 54.3 Å². The average molecular weight is 471 g/mol. The molecule has 6 N–H and O–H groups in total. The molecule has 0 aromatic rings.